The average Bonchev–Trinajstić information content (AvgIpc) is 3.55. The molecule has 4 unspecified atom stereocenters. The van der Waals surface area contributed by atoms with Gasteiger partial charge in [0.1, 0.15) is 0 Å². The molecule has 4 aromatic carbocycles. The van der Waals surface area contributed by atoms with Gasteiger partial charge in [-0.3, -0.25) is 0 Å². The molecule has 6 nitrogen and oxygen atoms in total. The number of benzene rings is 4. The Labute approximate surface area is 287 Å². The summed E-state index contributed by atoms with van der Waals surface area (Å²) in [5.74, 6) is -11.2. The topological polar surface area (TPSA) is 86.7 Å². The quantitative estimate of drug-likeness (QED) is 0.135. The van der Waals surface area contributed by atoms with Crippen LogP contribution in [0, 0.1) is 23.5 Å². The second kappa shape index (κ2) is 13.1. The summed E-state index contributed by atoms with van der Waals surface area (Å²) >= 11 is 0. The highest BCUT2D eigenvalue weighted by Gasteiger charge is 2.55. The lowest BCUT2D eigenvalue weighted by Crippen LogP contribution is -2.35. The molecule has 0 N–H and O–H groups in total. The van der Waals surface area contributed by atoms with Crippen molar-refractivity contribution in [1.82, 2.24) is 0 Å². The summed E-state index contributed by atoms with van der Waals surface area (Å²) in [6.07, 6.45) is -11.9. The lowest BCUT2D eigenvalue weighted by Gasteiger charge is -2.39. The summed E-state index contributed by atoms with van der Waals surface area (Å²) in [5, 5.41) is 0. The lowest BCUT2D eigenvalue weighted by molar-refractivity contribution is -0.170. The highest BCUT2D eigenvalue weighted by Crippen LogP contribution is 2.53. The number of rotatable bonds is 8. The van der Waals surface area contributed by atoms with Gasteiger partial charge in [0, 0.05) is 24.0 Å². The molecule has 0 aliphatic carbocycles. The monoisotopic (exact) mass is 760 g/mol. The van der Waals surface area contributed by atoms with Crippen molar-refractivity contribution in [3.63, 3.8) is 0 Å². The van der Waals surface area contributed by atoms with Crippen molar-refractivity contribution >= 4 is 19.7 Å². The molecule has 51 heavy (non-hydrogen) atoms. The van der Waals surface area contributed by atoms with Gasteiger partial charge in [-0.05, 0) is 23.3 Å². The zero-order chi connectivity index (χ0) is 37.0. The van der Waals surface area contributed by atoms with Gasteiger partial charge in [-0.15, -0.1) is 0 Å². The summed E-state index contributed by atoms with van der Waals surface area (Å²) < 4.78 is 178. The van der Waals surface area contributed by atoms with Crippen LogP contribution in [0.15, 0.2) is 97.1 Å². The summed E-state index contributed by atoms with van der Waals surface area (Å²) in [5.41, 5.74) is -6.37. The Morgan fingerprint density at radius 2 is 0.863 bits per heavy atom. The van der Waals surface area contributed by atoms with Crippen molar-refractivity contribution in [3.05, 3.63) is 131 Å². The fraction of sp³-hybridized carbons (Fsp3) is 0.314. The summed E-state index contributed by atoms with van der Waals surface area (Å²) in [4.78, 5) is 0. The maximum atomic E-state index is 16.1. The van der Waals surface area contributed by atoms with Crippen LogP contribution in [-0.2, 0) is 25.1 Å². The van der Waals surface area contributed by atoms with E-state index in [2.05, 4.69) is 0 Å². The molecule has 4 atom stereocenters. The third-order valence-electron chi connectivity index (χ3n) is 9.20. The first kappa shape index (κ1) is 36.6. The molecule has 0 radical (unpaired) electrons. The van der Waals surface area contributed by atoms with Crippen molar-refractivity contribution < 1.29 is 61.4 Å². The van der Waals surface area contributed by atoms with E-state index in [0.29, 0.717) is 0 Å². The van der Waals surface area contributed by atoms with Crippen molar-refractivity contribution in [2.75, 3.05) is 11.5 Å². The first-order valence-electron chi connectivity index (χ1n) is 15.4. The summed E-state index contributed by atoms with van der Waals surface area (Å²) in [7, 11) is -9.21. The second-order valence-corrected chi connectivity index (χ2v) is 16.8. The van der Waals surface area contributed by atoms with E-state index in [1.807, 2.05) is 0 Å². The van der Waals surface area contributed by atoms with Gasteiger partial charge < -0.3 is 9.47 Å². The van der Waals surface area contributed by atoms with Crippen LogP contribution >= 0.6 is 0 Å². The molecular formula is C35H28F8O6S2. The van der Waals surface area contributed by atoms with Crippen LogP contribution in [0.1, 0.15) is 35.1 Å². The summed E-state index contributed by atoms with van der Waals surface area (Å²) in [6.45, 7) is 0. The molecule has 0 amide bonds. The van der Waals surface area contributed by atoms with E-state index >= 15 is 8.78 Å². The van der Waals surface area contributed by atoms with Gasteiger partial charge >= 0.3 is 12.4 Å². The third-order valence-corrected chi connectivity index (χ3v) is 13.1. The molecule has 0 aromatic heterocycles. The Balaban J connectivity index is 1.63. The molecule has 6 rings (SSSR count). The smallest absolute Gasteiger partial charge is 0.392 e. The molecule has 4 aromatic rings. The standard InChI is InChI=1S/C35H28F8O6S2/c36-27-15-7-13-25(31(27)48-29-17-23(34(38,39)40)19-50(29,44)45)33(21-9-3-1-4-10-21,22-11-5-2-6-12-22)26-14-8-16-28(37)32(26)49-30-18-24(35(41,42)43)20-51(30,46)47/h1-16,23-24,29-30H,17-20H2. The number of hydrogen-bond donors (Lipinski definition) is 0. The van der Waals surface area contributed by atoms with Gasteiger partial charge in [-0.1, -0.05) is 84.9 Å². The predicted molar refractivity (Wildman–Crippen MR) is 169 cm³/mol. The van der Waals surface area contributed by atoms with E-state index in [9.17, 15) is 43.2 Å². The Morgan fingerprint density at radius 1 is 0.510 bits per heavy atom. The second-order valence-electron chi connectivity index (χ2n) is 12.4. The van der Waals surface area contributed by atoms with E-state index in [1.54, 1.807) is 36.4 Å². The minimum atomic E-state index is -4.90. The first-order valence-corrected chi connectivity index (χ1v) is 18.9. The molecule has 2 aliphatic heterocycles. The number of ether oxygens (including phenoxy) is 2. The van der Waals surface area contributed by atoms with Crippen LogP contribution in [0.4, 0.5) is 35.1 Å². The Bertz CT molecular complexity index is 1970. The van der Waals surface area contributed by atoms with Crippen molar-refractivity contribution in [2.24, 2.45) is 11.8 Å². The van der Waals surface area contributed by atoms with Gasteiger partial charge in [0.2, 0.25) is 0 Å². The van der Waals surface area contributed by atoms with Gasteiger partial charge in [0.05, 0.1) is 28.8 Å². The van der Waals surface area contributed by atoms with Crippen LogP contribution in [0.5, 0.6) is 11.5 Å². The Morgan fingerprint density at radius 3 is 1.18 bits per heavy atom. The van der Waals surface area contributed by atoms with Crippen LogP contribution in [-0.4, -0.2) is 51.6 Å². The zero-order valence-electron chi connectivity index (χ0n) is 26.2. The number of sulfone groups is 2. The van der Waals surface area contributed by atoms with Crippen LogP contribution < -0.4 is 9.47 Å². The SMILES string of the molecule is O=S1(=O)CC(C(F)(F)F)CC1Oc1c(F)cccc1C(c1ccccc1)(c1ccccc1)c1cccc(F)c1OC1CC(C(F)(F)F)CS1(=O)=O. The third kappa shape index (κ3) is 6.79. The molecule has 0 saturated carbocycles. The number of halogens is 8. The molecule has 0 spiro atoms. The maximum Gasteiger partial charge on any atom is 0.392 e. The van der Waals surface area contributed by atoms with Gasteiger partial charge in [-0.25, -0.2) is 25.6 Å². The van der Waals surface area contributed by atoms with Crippen LogP contribution in [0.25, 0.3) is 0 Å². The Hall–Kier alpha value is -4.18. The zero-order valence-corrected chi connectivity index (χ0v) is 27.8. The Kier molecular flexibility index (Phi) is 9.40. The first-order chi connectivity index (χ1) is 23.9. The highest BCUT2D eigenvalue weighted by atomic mass is 32.2. The molecule has 2 heterocycles. The maximum absolute atomic E-state index is 16.1. The van der Waals surface area contributed by atoms with Gasteiger partial charge in [-0.2, -0.15) is 26.3 Å². The summed E-state index contributed by atoms with van der Waals surface area (Å²) in [6, 6.07) is 22.2. The molecule has 2 aliphatic rings. The lowest BCUT2D eigenvalue weighted by atomic mass is 9.64. The molecule has 2 saturated heterocycles. The molecular weight excluding hydrogens is 732 g/mol. The molecule has 2 fully saturated rings. The van der Waals surface area contributed by atoms with Gasteiger partial charge in [0.15, 0.2) is 53.7 Å². The van der Waals surface area contributed by atoms with E-state index in [4.69, 9.17) is 9.47 Å². The fourth-order valence-electron chi connectivity index (χ4n) is 6.79. The molecule has 272 valence electrons. The van der Waals surface area contributed by atoms with E-state index in [-0.39, 0.29) is 22.3 Å². The largest absolute Gasteiger partial charge is 0.471 e. The number of hydrogen-bond acceptors (Lipinski definition) is 6. The van der Waals surface area contributed by atoms with Crippen molar-refractivity contribution in [3.8, 4) is 11.5 Å². The normalized spacial score (nSPS) is 23.2. The minimum Gasteiger partial charge on any atom is -0.471 e. The predicted octanol–water partition coefficient (Wildman–Crippen LogP) is 7.75. The van der Waals surface area contributed by atoms with E-state index < -0.39 is 108 Å². The van der Waals surface area contributed by atoms with Crippen molar-refractivity contribution in [1.29, 1.82) is 0 Å². The van der Waals surface area contributed by atoms with E-state index in [1.165, 1.54) is 48.5 Å². The minimum absolute atomic E-state index is 0.215. The van der Waals surface area contributed by atoms with Crippen LogP contribution in [0.3, 0.4) is 0 Å². The van der Waals surface area contributed by atoms with Gasteiger partial charge in [0.25, 0.3) is 0 Å². The van der Waals surface area contributed by atoms with Crippen molar-refractivity contribution in [2.45, 2.75) is 41.5 Å². The highest BCUT2D eigenvalue weighted by molar-refractivity contribution is 7.92. The fourth-order valence-corrected chi connectivity index (χ4v) is 10.5. The number of alkyl halides is 6. The average molecular weight is 761 g/mol. The number of para-hydroxylation sites is 2. The van der Waals surface area contributed by atoms with E-state index in [0.717, 1.165) is 12.1 Å². The molecule has 16 heteroatoms. The molecule has 0 bridgehead atoms. The van der Waals surface area contributed by atoms with Crippen LogP contribution in [0.2, 0.25) is 0 Å².